The number of amides is 1. The molecule has 6 heteroatoms. The fraction of sp³-hybridized carbons (Fsp3) is 0.667. The van der Waals surface area contributed by atoms with Gasteiger partial charge in [-0.2, -0.15) is 15.4 Å². The van der Waals surface area contributed by atoms with Crippen molar-refractivity contribution in [1.82, 2.24) is 20.7 Å². The molecule has 1 aliphatic rings. The molecule has 2 rings (SSSR count). The van der Waals surface area contributed by atoms with E-state index in [4.69, 9.17) is 0 Å². The van der Waals surface area contributed by atoms with Crippen LogP contribution >= 0.6 is 0 Å². The monoisotopic (exact) mass is 210 g/mol. The zero-order chi connectivity index (χ0) is 10.7. The summed E-state index contributed by atoms with van der Waals surface area (Å²) in [6.07, 6.45) is 4.35. The number of aromatic amines is 1. The lowest BCUT2D eigenvalue weighted by atomic mass is 9.93. The molecule has 0 bridgehead atoms. The number of nitrogens with one attached hydrogen (secondary N) is 2. The maximum atomic E-state index is 11.6. The number of rotatable bonds is 2. The Morgan fingerprint density at radius 1 is 1.47 bits per heavy atom. The van der Waals surface area contributed by atoms with Crippen LogP contribution in [0.15, 0.2) is 6.20 Å². The van der Waals surface area contributed by atoms with E-state index in [1.807, 2.05) is 0 Å². The first-order valence-electron chi connectivity index (χ1n) is 5.10. The first-order valence-corrected chi connectivity index (χ1v) is 5.10. The highest BCUT2D eigenvalue weighted by molar-refractivity contribution is 5.91. The van der Waals surface area contributed by atoms with Crippen LogP contribution in [0.4, 0.5) is 0 Å². The molecule has 1 aromatic heterocycles. The molecular formula is C9H14N4O2. The number of nitrogens with zero attached hydrogens (tertiary/aromatic N) is 2. The van der Waals surface area contributed by atoms with E-state index in [9.17, 15) is 9.90 Å². The second-order valence-corrected chi connectivity index (χ2v) is 3.83. The van der Waals surface area contributed by atoms with E-state index in [1.54, 1.807) is 0 Å². The molecule has 0 radical (unpaired) electrons. The van der Waals surface area contributed by atoms with E-state index in [0.29, 0.717) is 5.69 Å². The summed E-state index contributed by atoms with van der Waals surface area (Å²) in [6, 6.07) is 0.151. The SMILES string of the molecule is O=C(NC1CCC(O)CC1)c1cn[nH]n1. The molecule has 3 N–H and O–H groups in total. The molecule has 1 amide bonds. The number of H-pyrrole nitrogens is 1. The number of aliphatic hydroxyl groups excluding tert-OH is 1. The zero-order valence-electron chi connectivity index (χ0n) is 8.31. The predicted molar refractivity (Wildman–Crippen MR) is 52.1 cm³/mol. The van der Waals surface area contributed by atoms with Crippen molar-refractivity contribution in [2.45, 2.75) is 37.8 Å². The molecule has 0 aromatic carbocycles. The van der Waals surface area contributed by atoms with Crippen LogP contribution in [0.1, 0.15) is 36.2 Å². The summed E-state index contributed by atoms with van der Waals surface area (Å²) in [5.41, 5.74) is 0.307. The molecule has 0 saturated heterocycles. The van der Waals surface area contributed by atoms with Crippen molar-refractivity contribution in [2.75, 3.05) is 0 Å². The number of carbonyl (C=O) groups excluding carboxylic acids is 1. The van der Waals surface area contributed by atoms with Gasteiger partial charge in [-0.15, -0.1) is 0 Å². The topological polar surface area (TPSA) is 90.9 Å². The highest BCUT2D eigenvalue weighted by Gasteiger charge is 2.21. The summed E-state index contributed by atoms with van der Waals surface area (Å²) >= 11 is 0. The average molecular weight is 210 g/mol. The van der Waals surface area contributed by atoms with Crippen molar-refractivity contribution in [1.29, 1.82) is 0 Å². The van der Waals surface area contributed by atoms with Gasteiger partial charge in [0.25, 0.3) is 5.91 Å². The van der Waals surface area contributed by atoms with Gasteiger partial charge in [0.1, 0.15) is 0 Å². The van der Waals surface area contributed by atoms with Gasteiger partial charge >= 0.3 is 0 Å². The first kappa shape index (κ1) is 10.1. The van der Waals surface area contributed by atoms with Crippen molar-refractivity contribution in [3.8, 4) is 0 Å². The summed E-state index contributed by atoms with van der Waals surface area (Å²) in [6.45, 7) is 0. The number of carbonyl (C=O) groups is 1. The Kier molecular flexibility index (Phi) is 2.96. The lowest BCUT2D eigenvalue weighted by molar-refractivity contribution is 0.0863. The Morgan fingerprint density at radius 3 is 2.80 bits per heavy atom. The highest BCUT2D eigenvalue weighted by atomic mass is 16.3. The van der Waals surface area contributed by atoms with E-state index < -0.39 is 0 Å². The highest BCUT2D eigenvalue weighted by Crippen LogP contribution is 2.18. The number of hydrogen-bond donors (Lipinski definition) is 3. The molecule has 1 fully saturated rings. The maximum Gasteiger partial charge on any atom is 0.273 e. The average Bonchev–Trinajstić information content (AvgIpc) is 2.74. The van der Waals surface area contributed by atoms with Crippen molar-refractivity contribution in [2.24, 2.45) is 0 Å². The van der Waals surface area contributed by atoms with Crippen LogP contribution in [0, 0.1) is 0 Å². The minimum atomic E-state index is -0.204. The quantitative estimate of drug-likeness (QED) is 0.632. The molecule has 15 heavy (non-hydrogen) atoms. The van der Waals surface area contributed by atoms with Gasteiger partial charge in [-0.05, 0) is 25.7 Å². The fourth-order valence-electron chi connectivity index (χ4n) is 1.79. The van der Waals surface area contributed by atoms with Crippen molar-refractivity contribution < 1.29 is 9.90 Å². The minimum absolute atomic E-state index is 0.151. The van der Waals surface area contributed by atoms with Gasteiger partial charge in [-0.3, -0.25) is 4.79 Å². The lowest BCUT2D eigenvalue weighted by Gasteiger charge is -2.25. The van der Waals surface area contributed by atoms with Crippen molar-refractivity contribution in [3.05, 3.63) is 11.9 Å². The smallest absolute Gasteiger partial charge is 0.273 e. The normalized spacial score (nSPS) is 26.2. The molecule has 0 spiro atoms. The van der Waals surface area contributed by atoms with E-state index in [2.05, 4.69) is 20.7 Å². The van der Waals surface area contributed by atoms with E-state index >= 15 is 0 Å². The van der Waals surface area contributed by atoms with Crippen LogP contribution in [0.2, 0.25) is 0 Å². The third kappa shape index (κ3) is 2.53. The predicted octanol–water partition coefficient (Wildman–Crippen LogP) is -0.162. The molecule has 1 aliphatic carbocycles. The molecule has 1 heterocycles. The summed E-state index contributed by atoms with van der Waals surface area (Å²) in [4.78, 5) is 11.6. The summed E-state index contributed by atoms with van der Waals surface area (Å²) in [7, 11) is 0. The molecule has 0 atom stereocenters. The number of hydrogen-bond acceptors (Lipinski definition) is 4. The van der Waals surface area contributed by atoms with Crippen LogP contribution in [0.5, 0.6) is 0 Å². The molecular weight excluding hydrogens is 196 g/mol. The van der Waals surface area contributed by atoms with E-state index in [1.165, 1.54) is 6.20 Å². The van der Waals surface area contributed by atoms with Gasteiger partial charge in [0.2, 0.25) is 0 Å². The Balaban J connectivity index is 1.85. The fourth-order valence-corrected chi connectivity index (χ4v) is 1.79. The van der Waals surface area contributed by atoms with Crippen LogP contribution in [-0.2, 0) is 0 Å². The Labute approximate surface area is 87.1 Å². The largest absolute Gasteiger partial charge is 0.393 e. The van der Waals surface area contributed by atoms with E-state index in [0.717, 1.165) is 25.7 Å². The van der Waals surface area contributed by atoms with Crippen LogP contribution < -0.4 is 5.32 Å². The summed E-state index contributed by atoms with van der Waals surface area (Å²) in [5, 5.41) is 21.8. The second kappa shape index (κ2) is 4.39. The second-order valence-electron chi connectivity index (χ2n) is 3.83. The van der Waals surface area contributed by atoms with E-state index in [-0.39, 0.29) is 18.1 Å². The van der Waals surface area contributed by atoms with Gasteiger partial charge in [-0.1, -0.05) is 0 Å². The molecule has 0 unspecified atom stereocenters. The van der Waals surface area contributed by atoms with Crippen LogP contribution in [0.25, 0.3) is 0 Å². The van der Waals surface area contributed by atoms with Gasteiger partial charge in [0, 0.05) is 6.04 Å². The third-order valence-electron chi connectivity index (χ3n) is 2.68. The van der Waals surface area contributed by atoms with Crippen molar-refractivity contribution >= 4 is 5.91 Å². The molecule has 1 aromatic rings. The van der Waals surface area contributed by atoms with Crippen molar-refractivity contribution in [3.63, 3.8) is 0 Å². The van der Waals surface area contributed by atoms with Crippen LogP contribution in [0.3, 0.4) is 0 Å². The Hall–Kier alpha value is -1.43. The van der Waals surface area contributed by atoms with Crippen LogP contribution in [-0.4, -0.2) is 38.6 Å². The van der Waals surface area contributed by atoms with Gasteiger partial charge in [0.15, 0.2) is 5.69 Å². The molecule has 1 saturated carbocycles. The first-order chi connectivity index (χ1) is 7.25. The Morgan fingerprint density at radius 2 is 2.20 bits per heavy atom. The zero-order valence-corrected chi connectivity index (χ0v) is 8.31. The minimum Gasteiger partial charge on any atom is -0.393 e. The number of aliphatic hydroxyl groups is 1. The van der Waals surface area contributed by atoms with Gasteiger partial charge in [0.05, 0.1) is 12.3 Å². The molecule has 0 aliphatic heterocycles. The lowest BCUT2D eigenvalue weighted by Crippen LogP contribution is -2.38. The van der Waals surface area contributed by atoms with Gasteiger partial charge < -0.3 is 10.4 Å². The molecule has 82 valence electrons. The molecule has 6 nitrogen and oxygen atoms in total. The summed E-state index contributed by atoms with van der Waals surface area (Å²) in [5.74, 6) is -0.204. The number of aromatic nitrogens is 3. The van der Waals surface area contributed by atoms with Gasteiger partial charge in [-0.25, -0.2) is 0 Å². The maximum absolute atomic E-state index is 11.6. The summed E-state index contributed by atoms with van der Waals surface area (Å²) < 4.78 is 0. The standard InChI is InChI=1S/C9H14N4O2/c14-7-3-1-6(2-4-7)11-9(15)8-5-10-13-12-8/h5-7,14H,1-4H2,(H,11,15)(H,10,12,13). The Bertz CT molecular complexity index is 317. The third-order valence-corrected chi connectivity index (χ3v) is 2.68.